The second kappa shape index (κ2) is 8.35. The first-order valence-corrected chi connectivity index (χ1v) is 9.96. The van der Waals surface area contributed by atoms with E-state index in [2.05, 4.69) is 10.00 Å². The van der Waals surface area contributed by atoms with Crippen molar-refractivity contribution in [1.29, 1.82) is 0 Å². The van der Waals surface area contributed by atoms with Gasteiger partial charge in [-0.05, 0) is 48.9 Å². The minimum atomic E-state index is -0.300. The van der Waals surface area contributed by atoms with Gasteiger partial charge in [-0.15, -0.1) is 0 Å². The lowest BCUT2D eigenvalue weighted by Gasteiger charge is -2.34. The van der Waals surface area contributed by atoms with E-state index >= 15 is 0 Å². The molecule has 3 aromatic rings. The molecule has 29 heavy (non-hydrogen) atoms. The Hall–Kier alpha value is -2.70. The molecular weight excluding hydrogens is 391 g/mol. The number of benzene rings is 2. The molecule has 7 heteroatoms. The predicted molar refractivity (Wildman–Crippen MR) is 111 cm³/mol. The molecule has 0 bridgehead atoms. The Balaban J connectivity index is 1.39. The number of nitrogens with zero attached hydrogens (tertiary/aromatic N) is 4. The summed E-state index contributed by atoms with van der Waals surface area (Å²) >= 11 is 5.95. The van der Waals surface area contributed by atoms with Gasteiger partial charge in [-0.3, -0.25) is 9.69 Å². The molecule has 0 atom stereocenters. The second-order valence-electron chi connectivity index (χ2n) is 7.23. The Morgan fingerprint density at radius 1 is 1.03 bits per heavy atom. The molecule has 0 radical (unpaired) electrons. The molecule has 0 unspecified atom stereocenters. The number of hydrogen-bond donors (Lipinski definition) is 0. The molecule has 2 aromatic carbocycles. The highest BCUT2D eigenvalue weighted by atomic mass is 35.5. The molecule has 0 N–H and O–H groups in total. The molecule has 1 aliphatic rings. The molecule has 1 aromatic heterocycles. The first-order chi connectivity index (χ1) is 14.0. The van der Waals surface area contributed by atoms with Crippen LogP contribution in [0.1, 0.15) is 21.6 Å². The van der Waals surface area contributed by atoms with E-state index in [4.69, 9.17) is 11.6 Å². The van der Waals surface area contributed by atoms with Gasteiger partial charge >= 0.3 is 0 Å². The third-order valence-corrected chi connectivity index (χ3v) is 5.54. The summed E-state index contributed by atoms with van der Waals surface area (Å²) in [5, 5.41) is 5.07. The summed E-state index contributed by atoms with van der Waals surface area (Å²) in [6.45, 7) is 5.70. The molecule has 1 fully saturated rings. The third kappa shape index (κ3) is 4.33. The SMILES string of the molecule is Cc1c(C(=O)N2CCN(Cc3ccc(Cl)cc3)CC2)cnn1-c1ccc(F)cc1. The summed E-state index contributed by atoms with van der Waals surface area (Å²) in [5.41, 5.74) is 3.28. The van der Waals surface area contributed by atoms with Gasteiger partial charge in [-0.2, -0.15) is 5.10 Å². The average Bonchev–Trinajstić information content (AvgIpc) is 3.12. The molecule has 2 heterocycles. The van der Waals surface area contributed by atoms with Gasteiger partial charge in [0.05, 0.1) is 23.1 Å². The topological polar surface area (TPSA) is 41.4 Å². The normalized spacial score (nSPS) is 14.9. The molecule has 4 rings (SSSR count). The Morgan fingerprint density at radius 2 is 1.69 bits per heavy atom. The monoisotopic (exact) mass is 412 g/mol. The van der Waals surface area contributed by atoms with E-state index in [0.717, 1.165) is 36.0 Å². The van der Waals surface area contributed by atoms with Gasteiger partial charge < -0.3 is 4.90 Å². The number of carbonyl (C=O) groups is 1. The van der Waals surface area contributed by atoms with Crippen molar-refractivity contribution in [1.82, 2.24) is 19.6 Å². The fourth-order valence-corrected chi connectivity index (χ4v) is 3.72. The van der Waals surface area contributed by atoms with Crippen molar-refractivity contribution < 1.29 is 9.18 Å². The zero-order valence-corrected chi connectivity index (χ0v) is 16.9. The largest absolute Gasteiger partial charge is 0.336 e. The molecule has 0 saturated carbocycles. The van der Waals surface area contributed by atoms with Crippen LogP contribution in [-0.4, -0.2) is 51.7 Å². The van der Waals surface area contributed by atoms with Gasteiger partial charge in [-0.1, -0.05) is 23.7 Å². The number of carbonyl (C=O) groups excluding carboxylic acids is 1. The highest BCUT2D eigenvalue weighted by molar-refractivity contribution is 6.30. The highest BCUT2D eigenvalue weighted by Crippen LogP contribution is 2.18. The van der Waals surface area contributed by atoms with Crippen LogP contribution < -0.4 is 0 Å². The molecule has 1 amide bonds. The minimum absolute atomic E-state index is 0.0120. The maximum Gasteiger partial charge on any atom is 0.257 e. The van der Waals surface area contributed by atoms with Gasteiger partial charge in [0.15, 0.2) is 0 Å². The Bertz CT molecular complexity index is 993. The van der Waals surface area contributed by atoms with E-state index in [9.17, 15) is 9.18 Å². The molecular formula is C22H22ClFN4O. The highest BCUT2D eigenvalue weighted by Gasteiger charge is 2.25. The number of piperazine rings is 1. The van der Waals surface area contributed by atoms with E-state index in [1.165, 1.54) is 17.7 Å². The molecule has 1 saturated heterocycles. The molecule has 0 spiro atoms. The quantitative estimate of drug-likeness (QED) is 0.652. The lowest BCUT2D eigenvalue weighted by Crippen LogP contribution is -2.48. The number of rotatable bonds is 4. The van der Waals surface area contributed by atoms with Crippen molar-refractivity contribution in [2.45, 2.75) is 13.5 Å². The second-order valence-corrected chi connectivity index (χ2v) is 7.66. The van der Waals surface area contributed by atoms with Crippen LogP contribution in [0.15, 0.2) is 54.7 Å². The molecule has 1 aliphatic heterocycles. The van der Waals surface area contributed by atoms with E-state index < -0.39 is 0 Å². The van der Waals surface area contributed by atoms with Crippen LogP contribution in [0.4, 0.5) is 4.39 Å². The van der Waals surface area contributed by atoms with Crippen LogP contribution in [0.3, 0.4) is 0 Å². The van der Waals surface area contributed by atoms with E-state index in [0.29, 0.717) is 18.7 Å². The van der Waals surface area contributed by atoms with Crippen molar-refractivity contribution in [2.75, 3.05) is 26.2 Å². The van der Waals surface area contributed by atoms with Crippen molar-refractivity contribution in [3.8, 4) is 5.69 Å². The van der Waals surface area contributed by atoms with Crippen molar-refractivity contribution in [2.24, 2.45) is 0 Å². The van der Waals surface area contributed by atoms with E-state index in [1.54, 1.807) is 23.0 Å². The first kappa shape index (κ1) is 19.6. The maximum atomic E-state index is 13.2. The zero-order valence-electron chi connectivity index (χ0n) is 16.2. The number of aromatic nitrogens is 2. The minimum Gasteiger partial charge on any atom is -0.336 e. The van der Waals surface area contributed by atoms with Crippen molar-refractivity contribution >= 4 is 17.5 Å². The van der Waals surface area contributed by atoms with Crippen LogP contribution in [0, 0.1) is 12.7 Å². The van der Waals surface area contributed by atoms with Gasteiger partial charge in [0.1, 0.15) is 5.82 Å². The van der Waals surface area contributed by atoms with Gasteiger partial charge in [0.2, 0.25) is 0 Å². The summed E-state index contributed by atoms with van der Waals surface area (Å²) < 4.78 is 14.8. The van der Waals surface area contributed by atoms with Crippen LogP contribution in [0.25, 0.3) is 5.69 Å². The Kier molecular flexibility index (Phi) is 5.65. The van der Waals surface area contributed by atoms with E-state index in [-0.39, 0.29) is 11.7 Å². The summed E-state index contributed by atoms with van der Waals surface area (Å²) in [5.74, 6) is -0.312. The fraction of sp³-hybridized carbons (Fsp3) is 0.273. The Labute approximate surface area is 174 Å². The fourth-order valence-electron chi connectivity index (χ4n) is 3.59. The lowest BCUT2D eigenvalue weighted by atomic mass is 10.1. The first-order valence-electron chi connectivity index (χ1n) is 9.58. The zero-order chi connectivity index (χ0) is 20.4. The molecule has 150 valence electrons. The lowest BCUT2D eigenvalue weighted by molar-refractivity contribution is 0.0627. The average molecular weight is 413 g/mol. The van der Waals surface area contributed by atoms with Crippen molar-refractivity contribution in [3.63, 3.8) is 0 Å². The number of halogens is 2. The summed E-state index contributed by atoms with van der Waals surface area (Å²) in [6.07, 6.45) is 1.60. The molecule has 0 aliphatic carbocycles. The van der Waals surface area contributed by atoms with Crippen LogP contribution in [-0.2, 0) is 6.54 Å². The van der Waals surface area contributed by atoms with Gasteiger partial charge in [0.25, 0.3) is 5.91 Å². The standard InChI is InChI=1S/C22H22ClFN4O/c1-16-21(14-25-28(16)20-8-6-19(24)7-9-20)22(29)27-12-10-26(11-13-27)15-17-2-4-18(23)5-3-17/h2-9,14H,10-13,15H2,1H3. The summed E-state index contributed by atoms with van der Waals surface area (Å²) in [4.78, 5) is 17.2. The van der Waals surface area contributed by atoms with Crippen molar-refractivity contribution in [3.05, 3.63) is 82.4 Å². The van der Waals surface area contributed by atoms with Gasteiger partial charge in [-0.25, -0.2) is 9.07 Å². The smallest absolute Gasteiger partial charge is 0.257 e. The van der Waals surface area contributed by atoms with Gasteiger partial charge in [0, 0.05) is 37.7 Å². The van der Waals surface area contributed by atoms with E-state index in [1.807, 2.05) is 36.1 Å². The third-order valence-electron chi connectivity index (χ3n) is 5.29. The summed E-state index contributed by atoms with van der Waals surface area (Å²) in [7, 11) is 0. The van der Waals surface area contributed by atoms with Crippen LogP contribution >= 0.6 is 11.6 Å². The maximum absolute atomic E-state index is 13.2. The predicted octanol–water partition coefficient (Wildman–Crippen LogP) is 3.93. The van der Waals surface area contributed by atoms with Crippen LogP contribution in [0.2, 0.25) is 5.02 Å². The number of amides is 1. The Morgan fingerprint density at radius 3 is 2.34 bits per heavy atom. The summed E-state index contributed by atoms with van der Waals surface area (Å²) in [6, 6.07) is 13.9. The van der Waals surface area contributed by atoms with Crippen LogP contribution in [0.5, 0.6) is 0 Å². The molecule has 5 nitrogen and oxygen atoms in total. The number of hydrogen-bond acceptors (Lipinski definition) is 3.